The number of sulfone groups is 1. The summed E-state index contributed by atoms with van der Waals surface area (Å²) in [5, 5.41) is 1.91. The van der Waals surface area contributed by atoms with E-state index in [4.69, 9.17) is 0 Å². The van der Waals surface area contributed by atoms with E-state index < -0.39 is 15.1 Å². The summed E-state index contributed by atoms with van der Waals surface area (Å²) < 4.78 is 23.4. The maximum atomic E-state index is 11.8. The molecule has 1 heterocycles. The first-order valence-corrected chi connectivity index (χ1v) is 8.74. The van der Waals surface area contributed by atoms with Gasteiger partial charge in [-0.2, -0.15) is 0 Å². The molecule has 0 aliphatic carbocycles. The highest BCUT2D eigenvalue weighted by Gasteiger charge is 2.34. The quantitative estimate of drug-likeness (QED) is 0.781. The van der Waals surface area contributed by atoms with Crippen LogP contribution in [0.3, 0.4) is 0 Å². The fourth-order valence-electron chi connectivity index (χ4n) is 1.92. The molecule has 2 atom stereocenters. The number of carbonyl (C=O) groups excluding carboxylic acids is 1. The normalized spacial score (nSPS) is 25.2. The molecule has 2 unspecified atom stereocenters. The molecule has 0 saturated carbocycles. The molecule has 1 amide bonds. The largest absolute Gasteiger partial charge is 0.355 e. The molecule has 100 valence electrons. The minimum Gasteiger partial charge on any atom is -0.355 e. The molecule has 4 nitrogen and oxygen atoms in total. The number of rotatable bonds is 5. The van der Waals surface area contributed by atoms with Crippen LogP contribution in [-0.4, -0.2) is 36.7 Å². The number of hydrogen-bond donors (Lipinski definition) is 1. The number of hydrogen-bond acceptors (Lipinski definition) is 3. The minimum absolute atomic E-state index is 0.154. The van der Waals surface area contributed by atoms with Crippen molar-refractivity contribution in [3.63, 3.8) is 0 Å². The van der Waals surface area contributed by atoms with E-state index in [9.17, 15) is 13.2 Å². The first kappa shape index (κ1) is 15.0. The molecule has 0 radical (unpaired) electrons. The molecule has 1 saturated heterocycles. The Kier molecular flexibility index (Phi) is 5.92. The van der Waals surface area contributed by atoms with Crippen LogP contribution in [-0.2, 0) is 14.6 Å². The van der Waals surface area contributed by atoms with Crippen LogP contribution in [0.15, 0.2) is 0 Å². The summed E-state index contributed by atoms with van der Waals surface area (Å²) >= 11 is 3.48. The van der Waals surface area contributed by atoms with Crippen molar-refractivity contribution in [3.05, 3.63) is 0 Å². The summed E-state index contributed by atoms with van der Waals surface area (Å²) in [6.07, 6.45) is 3.81. The van der Waals surface area contributed by atoms with E-state index in [-0.39, 0.29) is 11.7 Å². The van der Waals surface area contributed by atoms with E-state index in [1.165, 1.54) is 0 Å². The van der Waals surface area contributed by atoms with Crippen LogP contribution < -0.4 is 5.32 Å². The molecular weight excluding hydrogens is 306 g/mol. The first-order valence-electron chi connectivity index (χ1n) is 6.10. The first-order chi connectivity index (χ1) is 7.97. The summed E-state index contributed by atoms with van der Waals surface area (Å²) in [6, 6.07) is 0. The topological polar surface area (TPSA) is 63.2 Å². The standard InChI is InChI=1S/C11H20BrNO3S/c1-2-9(12)6-7-13-11(14)10-5-3-4-8-17(10,15)16/h9-10H,2-8H2,1H3,(H,13,14). The van der Waals surface area contributed by atoms with Crippen molar-refractivity contribution in [2.24, 2.45) is 0 Å². The van der Waals surface area contributed by atoms with Crippen LogP contribution in [0.1, 0.15) is 39.0 Å². The van der Waals surface area contributed by atoms with E-state index in [2.05, 4.69) is 28.2 Å². The van der Waals surface area contributed by atoms with E-state index in [1.807, 2.05) is 0 Å². The molecule has 1 rings (SSSR count). The van der Waals surface area contributed by atoms with Gasteiger partial charge in [-0.15, -0.1) is 0 Å². The zero-order valence-corrected chi connectivity index (χ0v) is 12.5. The molecular formula is C11H20BrNO3S. The fourth-order valence-corrected chi connectivity index (χ4v) is 3.97. The highest BCUT2D eigenvalue weighted by Crippen LogP contribution is 2.19. The highest BCUT2D eigenvalue weighted by molar-refractivity contribution is 9.09. The molecule has 0 aromatic heterocycles. The van der Waals surface area contributed by atoms with Crippen molar-refractivity contribution in [3.8, 4) is 0 Å². The van der Waals surface area contributed by atoms with Crippen LogP contribution in [0.2, 0.25) is 0 Å². The predicted molar refractivity (Wildman–Crippen MR) is 72.1 cm³/mol. The van der Waals surface area contributed by atoms with Gasteiger partial charge < -0.3 is 5.32 Å². The molecule has 1 fully saturated rings. The van der Waals surface area contributed by atoms with Crippen LogP contribution in [0.4, 0.5) is 0 Å². The van der Waals surface area contributed by atoms with Gasteiger partial charge in [-0.3, -0.25) is 4.79 Å². The maximum absolute atomic E-state index is 11.8. The van der Waals surface area contributed by atoms with Crippen molar-refractivity contribution in [2.75, 3.05) is 12.3 Å². The van der Waals surface area contributed by atoms with Crippen molar-refractivity contribution in [1.82, 2.24) is 5.32 Å². The zero-order valence-electron chi connectivity index (χ0n) is 10.1. The monoisotopic (exact) mass is 325 g/mol. The van der Waals surface area contributed by atoms with Crippen molar-refractivity contribution in [2.45, 2.75) is 49.1 Å². The minimum atomic E-state index is -3.20. The van der Waals surface area contributed by atoms with E-state index in [0.717, 1.165) is 19.3 Å². The molecule has 1 aliphatic rings. The van der Waals surface area contributed by atoms with Gasteiger partial charge >= 0.3 is 0 Å². The molecule has 1 N–H and O–H groups in total. The summed E-state index contributed by atoms with van der Waals surface area (Å²) in [5.74, 6) is -0.165. The second-order valence-corrected chi connectivity index (χ2v) is 8.03. The smallest absolute Gasteiger partial charge is 0.238 e. The Balaban J connectivity index is 2.41. The summed E-state index contributed by atoms with van der Waals surface area (Å²) in [6.45, 7) is 2.60. The summed E-state index contributed by atoms with van der Waals surface area (Å²) in [5.41, 5.74) is 0. The van der Waals surface area contributed by atoms with Gasteiger partial charge in [0.2, 0.25) is 5.91 Å². The van der Waals surface area contributed by atoms with Crippen LogP contribution in [0.5, 0.6) is 0 Å². The molecule has 6 heteroatoms. The van der Waals surface area contributed by atoms with Gasteiger partial charge in [0.05, 0.1) is 5.75 Å². The van der Waals surface area contributed by atoms with Crippen LogP contribution in [0, 0.1) is 0 Å². The summed E-state index contributed by atoms with van der Waals surface area (Å²) in [7, 11) is -3.20. The summed E-state index contributed by atoms with van der Waals surface area (Å²) in [4.78, 5) is 12.2. The lowest BCUT2D eigenvalue weighted by molar-refractivity contribution is -0.120. The predicted octanol–water partition coefficient (Wildman–Crippen LogP) is 1.63. The second-order valence-electron chi connectivity index (χ2n) is 4.44. The Morgan fingerprint density at radius 3 is 2.76 bits per heavy atom. The molecule has 1 aliphatic heterocycles. The Labute approximate surface area is 112 Å². The number of amides is 1. The molecule has 0 aromatic rings. The average molecular weight is 326 g/mol. The van der Waals surface area contributed by atoms with Gasteiger partial charge in [0.15, 0.2) is 9.84 Å². The van der Waals surface area contributed by atoms with E-state index >= 15 is 0 Å². The number of nitrogens with one attached hydrogen (secondary N) is 1. The number of halogens is 1. The third-order valence-corrected chi connectivity index (χ3v) is 6.35. The van der Waals surface area contributed by atoms with Crippen molar-refractivity contribution < 1.29 is 13.2 Å². The van der Waals surface area contributed by atoms with Gasteiger partial charge in [-0.1, -0.05) is 29.3 Å². The highest BCUT2D eigenvalue weighted by atomic mass is 79.9. The molecule has 0 spiro atoms. The lowest BCUT2D eigenvalue weighted by atomic mass is 10.2. The fraction of sp³-hybridized carbons (Fsp3) is 0.909. The number of alkyl halides is 1. The SMILES string of the molecule is CCC(Br)CCNC(=O)C1CCCCS1(=O)=O. The Morgan fingerprint density at radius 2 is 2.18 bits per heavy atom. The maximum Gasteiger partial charge on any atom is 0.238 e. The van der Waals surface area contributed by atoms with Crippen LogP contribution in [0.25, 0.3) is 0 Å². The van der Waals surface area contributed by atoms with E-state index in [1.54, 1.807) is 0 Å². The van der Waals surface area contributed by atoms with Crippen LogP contribution >= 0.6 is 15.9 Å². The third kappa shape index (κ3) is 4.58. The second kappa shape index (κ2) is 6.73. The number of carbonyl (C=O) groups is 1. The van der Waals surface area contributed by atoms with Crippen molar-refractivity contribution >= 4 is 31.7 Å². The molecule has 0 aromatic carbocycles. The van der Waals surface area contributed by atoms with Gasteiger partial charge in [-0.25, -0.2) is 8.42 Å². The van der Waals surface area contributed by atoms with Gasteiger partial charge in [0.1, 0.15) is 5.25 Å². The van der Waals surface area contributed by atoms with Gasteiger partial charge in [0, 0.05) is 11.4 Å². The van der Waals surface area contributed by atoms with E-state index in [0.29, 0.717) is 24.2 Å². The third-order valence-electron chi connectivity index (χ3n) is 3.07. The average Bonchev–Trinajstić information content (AvgIpc) is 2.27. The molecule has 17 heavy (non-hydrogen) atoms. The zero-order chi connectivity index (χ0) is 12.9. The van der Waals surface area contributed by atoms with Crippen molar-refractivity contribution in [1.29, 1.82) is 0 Å². The lowest BCUT2D eigenvalue weighted by Crippen LogP contribution is -2.43. The lowest BCUT2D eigenvalue weighted by Gasteiger charge is -2.21. The Bertz CT molecular complexity index is 356. The molecule has 0 bridgehead atoms. The van der Waals surface area contributed by atoms with Gasteiger partial charge in [-0.05, 0) is 25.7 Å². The Morgan fingerprint density at radius 1 is 1.47 bits per heavy atom. The van der Waals surface area contributed by atoms with Gasteiger partial charge in [0.25, 0.3) is 0 Å². The Hall–Kier alpha value is -0.100.